The van der Waals surface area contributed by atoms with E-state index in [-0.39, 0.29) is 6.04 Å². The van der Waals surface area contributed by atoms with Crippen LogP contribution in [0.1, 0.15) is 36.9 Å². The highest BCUT2D eigenvalue weighted by Crippen LogP contribution is 2.31. The van der Waals surface area contributed by atoms with Crippen molar-refractivity contribution in [2.24, 2.45) is 4.99 Å². The second-order valence-electron chi connectivity index (χ2n) is 8.11. The first-order chi connectivity index (χ1) is 16.3. The third kappa shape index (κ3) is 5.90. The number of aliphatic imine (C=N–C) groups is 1. The van der Waals surface area contributed by atoms with Crippen LogP contribution in [0.25, 0.3) is 11.4 Å². The SMILES string of the molecule is CCNC(=NCc1cccc(-c2ncn[nH]2)c1)NCC(c1ccccc1OC)N1CCCC1. The summed E-state index contributed by atoms with van der Waals surface area (Å²) in [7, 11) is 1.74. The zero-order valence-corrected chi connectivity index (χ0v) is 19.4. The Morgan fingerprint density at radius 1 is 1.15 bits per heavy atom. The van der Waals surface area contributed by atoms with Crippen molar-refractivity contribution in [2.75, 3.05) is 33.3 Å². The summed E-state index contributed by atoms with van der Waals surface area (Å²) in [6.07, 6.45) is 3.99. The van der Waals surface area contributed by atoms with Gasteiger partial charge in [0.25, 0.3) is 0 Å². The van der Waals surface area contributed by atoms with E-state index in [0.717, 1.165) is 54.8 Å². The molecule has 1 fully saturated rings. The van der Waals surface area contributed by atoms with E-state index in [2.05, 4.69) is 61.9 Å². The molecular formula is C25H33N7O. The second-order valence-corrected chi connectivity index (χ2v) is 8.11. The molecular weight excluding hydrogens is 414 g/mol. The molecule has 0 spiro atoms. The lowest BCUT2D eigenvalue weighted by Crippen LogP contribution is -2.42. The highest BCUT2D eigenvalue weighted by atomic mass is 16.5. The van der Waals surface area contributed by atoms with Crippen LogP contribution >= 0.6 is 0 Å². The molecule has 0 bridgehead atoms. The number of hydrogen-bond acceptors (Lipinski definition) is 5. The number of guanidine groups is 1. The Balaban J connectivity index is 1.48. The maximum Gasteiger partial charge on any atom is 0.191 e. The van der Waals surface area contributed by atoms with E-state index in [1.54, 1.807) is 7.11 Å². The van der Waals surface area contributed by atoms with Gasteiger partial charge in [0.05, 0.1) is 19.7 Å². The predicted octanol–water partition coefficient (Wildman–Crippen LogP) is 3.37. The van der Waals surface area contributed by atoms with Crippen LogP contribution in [0, 0.1) is 0 Å². The number of aromatic amines is 1. The number of nitrogens with one attached hydrogen (secondary N) is 3. The van der Waals surface area contributed by atoms with Crippen molar-refractivity contribution >= 4 is 5.96 Å². The lowest BCUT2D eigenvalue weighted by atomic mass is 10.0. The molecule has 4 rings (SSSR count). The van der Waals surface area contributed by atoms with Crippen molar-refractivity contribution in [3.63, 3.8) is 0 Å². The summed E-state index contributed by atoms with van der Waals surface area (Å²) < 4.78 is 5.67. The minimum Gasteiger partial charge on any atom is -0.496 e. The molecule has 1 aliphatic rings. The van der Waals surface area contributed by atoms with E-state index in [0.29, 0.717) is 6.54 Å². The van der Waals surface area contributed by atoms with Crippen molar-refractivity contribution in [3.05, 3.63) is 66.0 Å². The molecule has 0 radical (unpaired) electrons. The van der Waals surface area contributed by atoms with Crippen molar-refractivity contribution in [1.82, 2.24) is 30.7 Å². The Morgan fingerprint density at radius 2 is 2.00 bits per heavy atom. The number of H-pyrrole nitrogens is 1. The van der Waals surface area contributed by atoms with Crippen LogP contribution in [-0.2, 0) is 6.54 Å². The minimum atomic E-state index is 0.224. The highest BCUT2D eigenvalue weighted by Gasteiger charge is 2.26. The average Bonchev–Trinajstić information content (AvgIpc) is 3.58. The van der Waals surface area contributed by atoms with Crippen LogP contribution in [0.2, 0.25) is 0 Å². The maximum absolute atomic E-state index is 5.67. The smallest absolute Gasteiger partial charge is 0.191 e. The number of likely N-dealkylation sites (tertiary alicyclic amines) is 1. The van der Waals surface area contributed by atoms with Crippen LogP contribution in [0.4, 0.5) is 0 Å². The van der Waals surface area contributed by atoms with Gasteiger partial charge in [0.1, 0.15) is 12.1 Å². The maximum atomic E-state index is 5.67. The lowest BCUT2D eigenvalue weighted by Gasteiger charge is -2.30. The van der Waals surface area contributed by atoms with E-state index in [1.807, 2.05) is 24.3 Å². The summed E-state index contributed by atoms with van der Waals surface area (Å²) in [6.45, 7) is 6.41. The predicted molar refractivity (Wildman–Crippen MR) is 131 cm³/mol. The first-order valence-corrected chi connectivity index (χ1v) is 11.6. The average molecular weight is 448 g/mol. The largest absolute Gasteiger partial charge is 0.496 e. The van der Waals surface area contributed by atoms with Gasteiger partial charge in [-0.25, -0.2) is 9.98 Å². The molecule has 2 heterocycles. The molecule has 33 heavy (non-hydrogen) atoms. The van der Waals surface area contributed by atoms with Crippen LogP contribution in [-0.4, -0.2) is 59.3 Å². The molecule has 1 aliphatic heterocycles. The Bertz CT molecular complexity index is 1030. The molecule has 1 unspecified atom stereocenters. The molecule has 8 heteroatoms. The highest BCUT2D eigenvalue weighted by molar-refractivity contribution is 5.79. The molecule has 0 saturated carbocycles. The van der Waals surface area contributed by atoms with Crippen molar-refractivity contribution < 1.29 is 4.74 Å². The van der Waals surface area contributed by atoms with E-state index in [9.17, 15) is 0 Å². The van der Waals surface area contributed by atoms with Crippen LogP contribution in [0.3, 0.4) is 0 Å². The fourth-order valence-corrected chi connectivity index (χ4v) is 4.30. The number of benzene rings is 2. The Hall–Kier alpha value is -3.39. The fourth-order valence-electron chi connectivity index (χ4n) is 4.30. The van der Waals surface area contributed by atoms with Gasteiger partial charge in [-0.15, -0.1) is 0 Å². The van der Waals surface area contributed by atoms with Gasteiger partial charge in [-0.3, -0.25) is 10.00 Å². The minimum absolute atomic E-state index is 0.224. The van der Waals surface area contributed by atoms with Crippen LogP contribution in [0.15, 0.2) is 59.9 Å². The van der Waals surface area contributed by atoms with Crippen molar-refractivity contribution in [2.45, 2.75) is 32.4 Å². The summed E-state index contributed by atoms with van der Waals surface area (Å²) in [5, 5.41) is 13.8. The summed E-state index contributed by atoms with van der Waals surface area (Å²) in [4.78, 5) is 11.6. The Morgan fingerprint density at radius 3 is 2.76 bits per heavy atom. The van der Waals surface area contributed by atoms with E-state index < -0.39 is 0 Å². The van der Waals surface area contributed by atoms with Crippen LogP contribution in [0.5, 0.6) is 5.75 Å². The number of nitrogens with zero attached hydrogens (tertiary/aromatic N) is 4. The zero-order valence-electron chi connectivity index (χ0n) is 19.4. The molecule has 0 amide bonds. The summed E-state index contributed by atoms with van der Waals surface area (Å²) in [6, 6.07) is 16.8. The molecule has 1 atom stereocenters. The van der Waals surface area contributed by atoms with Gasteiger partial charge in [-0.05, 0) is 50.6 Å². The van der Waals surface area contributed by atoms with E-state index >= 15 is 0 Å². The third-order valence-electron chi connectivity index (χ3n) is 5.92. The molecule has 2 aromatic carbocycles. The van der Waals surface area contributed by atoms with E-state index in [4.69, 9.17) is 9.73 Å². The number of rotatable bonds is 9. The second kappa shape index (κ2) is 11.5. The quantitative estimate of drug-likeness (QED) is 0.344. The molecule has 1 aromatic heterocycles. The van der Waals surface area contributed by atoms with E-state index in [1.165, 1.54) is 24.7 Å². The summed E-state index contributed by atoms with van der Waals surface area (Å²) >= 11 is 0. The standard InChI is InChI=1S/C25H33N7O/c1-3-26-25(27-16-19-9-8-10-20(15-19)24-29-18-30-31-24)28-17-22(32-13-6-7-14-32)21-11-4-5-12-23(21)33-2/h4-5,8-12,15,18,22H,3,6-7,13-14,16-17H2,1-2H3,(H2,26,27,28)(H,29,30,31). The van der Waals surface area contributed by atoms with Crippen molar-refractivity contribution in [1.29, 1.82) is 0 Å². The number of ether oxygens (including phenoxy) is 1. The van der Waals surface area contributed by atoms with Gasteiger partial charge in [-0.2, -0.15) is 5.10 Å². The monoisotopic (exact) mass is 447 g/mol. The Labute approximate surface area is 195 Å². The lowest BCUT2D eigenvalue weighted by molar-refractivity contribution is 0.239. The fraction of sp³-hybridized carbons (Fsp3) is 0.400. The summed E-state index contributed by atoms with van der Waals surface area (Å²) in [5.41, 5.74) is 3.33. The van der Waals surface area contributed by atoms with Crippen molar-refractivity contribution in [3.8, 4) is 17.1 Å². The first-order valence-electron chi connectivity index (χ1n) is 11.6. The number of hydrogen-bond donors (Lipinski definition) is 3. The molecule has 0 aliphatic carbocycles. The number of aromatic nitrogens is 3. The number of para-hydroxylation sites is 1. The number of methoxy groups -OCH3 is 1. The van der Waals surface area contributed by atoms with Crippen LogP contribution < -0.4 is 15.4 Å². The van der Waals surface area contributed by atoms with Gasteiger partial charge in [0.2, 0.25) is 0 Å². The van der Waals surface area contributed by atoms with Gasteiger partial charge in [0, 0.05) is 24.2 Å². The summed E-state index contributed by atoms with van der Waals surface area (Å²) in [5.74, 6) is 2.50. The van der Waals surface area contributed by atoms with Gasteiger partial charge >= 0.3 is 0 Å². The first kappa shape index (κ1) is 22.8. The zero-order chi connectivity index (χ0) is 22.9. The normalized spacial score (nSPS) is 15.4. The molecule has 174 valence electrons. The molecule has 3 aromatic rings. The molecule has 8 nitrogen and oxygen atoms in total. The Kier molecular flexibility index (Phi) is 7.92. The topological polar surface area (TPSA) is 90.5 Å². The van der Waals surface area contributed by atoms with Gasteiger partial charge in [0.15, 0.2) is 11.8 Å². The van der Waals surface area contributed by atoms with Gasteiger partial charge in [-0.1, -0.05) is 36.4 Å². The molecule has 3 N–H and O–H groups in total. The third-order valence-corrected chi connectivity index (χ3v) is 5.92. The molecule has 1 saturated heterocycles. The van der Waals surface area contributed by atoms with Gasteiger partial charge < -0.3 is 15.4 Å².